The summed E-state index contributed by atoms with van der Waals surface area (Å²) in [4.78, 5) is 27.3. The van der Waals surface area contributed by atoms with Gasteiger partial charge in [-0.2, -0.15) is 0 Å². The number of hydrogen-bond donors (Lipinski definition) is 2. The van der Waals surface area contributed by atoms with Gasteiger partial charge in [0.05, 0.1) is 18.5 Å². The number of aromatic amines is 1. The molecule has 2 aromatic heterocycles. The van der Waals surface area contributed by atoms with Crippen LogP contribution >= 0.6 is 11.3 Å². The van der Waals surface area contributed by atoms with Crippen LogP contribution in [0.25, 0.3) is 10.9 Å². The fraction of sp³-hybridized carbons (Fsp3) is 0.125. The number of H-pyrrole nitrogens is 1. The zero-order valence-electron chi connectivity index (χ0n) is 11.9. The van der Waals surface area contributed by atoms with Crippen molar-refractivity contribution in [1.29, 1.82) is 0 Å². The van der Waals surface area contributed by atoms with Crippen molar-refractivity contribution in [1.82, 2.24) is 10.3 Å². The van der Waals surface area contributed by atoms with Crippen molar-refractivity contribution in [3.05, 3.63) is 52.3 Å². The van der Waals surface area contributed by atoms with Crippen LogP contribution in [-0.2, 0) is 11.3 Å². The van der Waals surface area contributed by atoms with Crippen molar-refractivity contribution < 1.29 is 14.3 Å². The number of thiophene rings is 1. The molecule has 2 heterocycles. The van der Waals surface area contributed by atoms with Crippen LogP contribution in [0.1, 0.15) is 15.4 Å². The molecule has 2 N–H and O–H groups in total. The van der Waals surface area contributed by atoms with E-state index < -0.39 is 11.7 Å². The molecule has 0 unspecified atom stereocenters. The fourth-order valence-corrected chi connectivity index (χ4v) is 2.83. The molecule has 0 bridgehead atoms. The molecule has 0 radical (unpaired) electrons. The third-order valence-electron chi connectivity index (χ3n) is 3.27. The lowest BCUT2D eigenvalue weighted by atomic mass is 10.2. The summed E-state index contributed by atoms with van der Waals surface area (Å²) < 4.78 is 5.18. The van der Waals surface area contributed by atoms with Crippen molar-refractivity contribution in [3.8, 4) is 5.75 Å². The number of ketones is 1. The van der Waals surface area contributed by atoms with E-state index in [9.17, 15) is 9.59 Å². The van der Waals surface area contributed by atoms with Gasteiger partial charge in [-0.05, 0) is 35.7 Å². The highest BCUT2D eigenvalue weighted by Crippen LogP contribution is 2.21. The predicted molar refractivity (Wildman–Crippen MR) is 85.3 cm³/mol. The number of methoxy groups -OCH3 is 1. The smallest absolute Gasteiger partial charge is 0.293 e. The number of carbonyl (C=O) groups excluding carboxylic acids is 2. The van der Waals surface area contributed by atoms with Crippen LogP contribution in [0.15, 0.2) is 41.8 Å². The van der Waals surface area contributed by atoms with Crippen LogP contribution in [0.3, 0.4) is 0 Å². The Morgan fingerprint density at radius 1 is 1.27 bits per heavy atom. The molecule has 0 saturated heterocycles. The first-order chi connectivity index (χ1) is 10.7. The van der Waals surface area contributed by atoms with Gasteiger partial charge in [0.25, 0.3) is 11.7 Å². The molecule has 0 spiro atoms. The molecule has 1 aromatic carbocycles. The summed E-state index contributed by atoms with van der Waals surface area (Å²) in [6, 6.07) is 11.0. The van der Waals surface area contributed by atoms with Crippen molar-refractivity contribution in [2.75, 3.05) is 7.11 Å². The molecule has 3 aromatic rings. The Labute approximate surface area is 130 Å². The van der Waals surface area contributed by atoms with Gasteiger partial charge in [0.1, 0.15) is 5.75 Å². The largest absolute Gasteiger partial charge is 0.497 e. The maximum Gasteiger partial charge on any atom is 0.293 e. The van der Waals surface area contributed by atoms with Gasteiger partial charge >= 0.3 is 0 Å². The van der Waals surface area contributed by atoms with E-state index >= 15 is 0 Å². The summed E-state index contributed by atoms with van der Waals surface area (Å²) in [6.45, 7) is 0.271. The van der Waals surface area contributed by atoms with Crippen molar-refractivity contribution >= 4 is 33.9 Å². The molecule has 0 saturated carbocycles. The van der Waals surface area contributed by atoms with E-state index in [4.69, 9.17) is 4.74 Å². The lowest BCUT2D eigenvalue weighted by Gasteiger charge is -2.01. The van der Waals surface area contributed by atoms with Crippen molar-refractivity contribution in [2.45, 2.75) is 6.54 Å². The molecule has 5 nitrogen and oxygen atoms in total. The molecule has 0 aliphatic carbocycles. The number of amides is 1. The summed E-state index contributed by atoms with van der Waals surface area (Å²) in [5.74, 6) is -0.332. The minimum Gasteiger partial charge on any atom is -0.497 e. The number of fused-ring (bicyclic) bond motifs is 1. The number of nitrogens with one attached hydrogen (secondary N) is 2. The second-order valence-corrected chi connectivity index (χ2v) is 5.68. The Morgan fingerprint density at radius 2 is 2.14 bits per heavy atom. The van der Waals surface area contributed by atoms with E-state index in [1.807, 2.05) is 24.3 Å². The van der Waals surface area contributed by atoms with Gasteiger partial charge in [-0.3, -0.25) is 9.59 Å². The zero-order chi connectivity index (χ0) is 15.5. The molecular weight excluding hydrogens is 300 g/mol. The molecule has 1 amide bonds. The topological polar surface area (TPSA) is 71.2 Å². The van der Waals surface area contributed by atoms with E-state index in [-0.39, 0.29) is 6.54 Å². The van der Waals surface area contributed by atoms with Crippen LogP contribution in [-0.4, -0.2) is 23.8 Å². The Bertz CT molecular complexity index is 821. The molecule has 3 rings (SSSR count). The first-order valence-corrected chi connectivity index (χ1v) is 7.57. The molecule has 0 fully saturated rings. The number of carbonyl (C=O) groups is 2. The van der Waals surface area contributed by atoms with Crippen LogP contribution in [0.4, 0.5) is 0 Å². The molecule has 0 atom stereocenters. The third kappa shape index (κ3) is 2.87. The SMILES string of the molecule is COc1ccc2[nH]c(CNC(=O)C(=O)c3cccs3)cc2c1. The van der Waals surface area contributed by atoms with E-state index in [2.05, 4.69) is 10.3 Å². The van der Waals surface area contributed by atoms with Crippen LogP contribution < -0.4 is 10.1 Å². The Balaban J connectivity index is 1.68. The highest BCUT2D eigenvalue weighted by atomic mass is 32.1. The standard InChI is InChI=1S/C16H14N2O3S/c1-21-12-4-5-13-10(8-12)7-11(18-13)9-17-16(20)15(19)14-3-2-6-22-14/h2-8,18H,9H2,1H3,(H,17,20). The lowest BCUT2D eigenvalue weighted by molar-refractivity contribution is -0.117. The van der Waals surface area contributed by atoms with Gasteiger partial charge in [0.15, 0.2) is 0 Å². The van der Waals surface area contributed by atoms with Crippen LogP contribution in [0, 0.1) is 0 Å². The van der Waals surface area contributed by atoms with Gasteiger partial charge in [-0.25, -0.2) is 0 Å². The van der Waals surface area contributed by atoms with Gasteiger partial charge in [-0.1, -0.05) is 6.07 Å². The lowest BCUT2D eigenvalue weighted by Crippen LogP contribution is -2.30. The molecule has 112 valence electrons. The molecule has 0 aliphatic heterocycles. The van der Waals surface area contributed by atoms with E-state index in [0.717, 1.165) is 22.3 Å². The number of ether oxygens (including phenoxy) is 1. The first kappa shape index (κ1) is 14.3. The van der Waals surface area contributed by atoms with Gasteiger partial charge in [0.2, 0.25) is 0 Å². The maximum atomic E-state index is 11.9. The number of Topliss-reactive ketones (excluding diaryl/α,β-unsaturated/α-hetero) is 1. The van der Waals surface area contributed by atoms with Crippen molar-refractivity contribution in [2.24, 2.45) is 0 Å². The van der Waals surface area contributed by atoms with Crippen molar-refractivity contribution in [3.63, 3.8) is 0 Å². The second kappa shape index (κ2) is 6.03. The number of benzene rings is 1. The summed E-state index contributed by atoms with van der Waals surface area (Å²) in [5, 5.41) is 5.40. The Kier molecular flexibility index (Phi) is 3.93. The number of aromatic nitrogens is 1. The minimum atomic E-state index is -0.598. The summed E-state index contributed by atoms with van der Waals surface area (Å²) in [7, 11) is 1.62. The van der Waals surface area contributed by atoms with Crippen LogP contribution in [0.5, 0.6) is 5.75 Å². The second-order valence-electron chi connectivity index (χ2n) is 4.74. The fourth-order valence-electron chi connectivity index (χ4n) is 2.17. The highest BCUT2D eigenvalue weighted by molar-refractivity contribution is 7.13. The number of rotatable bonds is 5. The van der Waals surface area contributed by atoms with Gasteiger partial charge < -0.3 is 15.0 Å². The first-order valence-electron chi connectivity index (χ1n) is 6.69. The zero-order valence-corrected chi connectivity index (χ0v) is 12.7. The minimum absolute atomic E-state index is 0.271. The molecule has 6 heteroatoms. The van der Waals surface area contributed by atoms with Gasteiger partial charge in [-0.15, -0.1) is 11.3 Å². The predicted octanol–water partition coefficient (Wildman–Crippen LogP) is 2.74. The average Bonchev–Trinajstić information content (AvgIpc) is 3.19. The normalized spacial score (nSPS) is 10.6. The van der Waals surface area contributed by atoms with Gasteiger partial charge in [0, 0.05) is 16.6 Å². The monoisotopic (exact) mass is 314 g/mol. The number of hydrogen-bond acceptors (Lipinski definition) is 4. The third-order valence-corrected chi connectivity index (χ3v) is 4.14. The summed E-state index contributed by atoms with van der Waals surface area (Å²) in [5.41, 5.74) is 1.78. The maximum absolute atomic E-state index is 11.9. The van der Waals surface area contributed by atoms with E-state index in [0.29, 0.717) is 4.88 Å². The Morgan fingerprint density at radius 3 is 2.86 bits per heavy atom. The molecule has 22 heavy (non-hydrogen) atoms. The summed E-state index contributed by atoms with van der Waals surface area (Å²) in [6.07, 6.45) is 0. The molecular formula is C16H14N2O3S. The quantitative estimate of drug-likeness (QED) is 0.562. The Hall–Kier alpha value is -2.60. The molecule has 0 aliphatic rings. The van der Waals surface area contributed by atoms with E-state index in [1.54, 1.807) is 24.6 Å². The summed E-state index contributed by atoms with van der Waals surface area (Å²) >= 11 is 1.26. The van der Waals surface area contributed by atoms with Crippen LogP contribution in [0.2, 0.25) is 0 Å². The van der Waals surface area contributed by atoms with E-state index in [1.165, 1.54) is 11.3 Å². The highest BCUT2D eigenvalue weighted by Gasteiger charge is 2.16. The average molecular weight is 314 g/mol.